The largest absolute Gasteiger partial charge is 0.465 e. The van der Waals surface area contributed by atoms with Gasteiger partial charge in [-0.15, -0.1) is 0 Å². The number of hydrogen-bond acceptors (Lipinski definition) is 4. The summed E-state index contributed by atoms with van der Waals surface area (Å²) in [5, 5.41) is 5.38. The Hall–Kier alpha value is -3.07. The highest BCUT2D eigenvalue weighted by Crippen LogP contribution is 2.15. The van der Waals surface area contributed by atoms with Gasteiger partial charge in [-0.3, -0.25) is 0 Å². The lowest BCUT2D eigenvalue weighted by molar-refractivity contribution is -0.176. The number of alkyl halides is 3. The molecule has 0 bridgehead atoms. The Labute approximate surface area is 166 Å². The lowest BCUT2D eigenvalue weighted by Gasteiger charge is -2.10. The van der Waals surface area contributed by atoms with Crippen molar-refractivity contribution >= 4 is 12.0 Å². The highest BCUT2D eigenvalue weighted by Gasteiger charge is 2.27. The molecule has 2 amide bonds. The van der Waals surface area contributed by atoms with Crippen molar-refractivity contribution in [2.75, 3.05) is 13.7 Å². The number of carbonyl (C=O) groups excluding carboxylic acids is 2. The van der Waals surface area contributed by atoms with Gasteiger partial charge in [0.05, 0.1) is 19.3 Å². The van der Waals surface area contributed by atoms with Gasteiger partial charge in [-0.25, -0.2) is 9.59 Å². The van der Waals surface area contributed by atoms with Crippen LogP contribution in [0.25, 0.3) is 0 Å². The Balaban J connectivity index is 1.71. The molecule has 6 nitrogen and oxygen atoms in total. The molecule has 0 radical (unpaired) electrons. The van der Waals surface area contributed by atoms with E-state index in [0.29, 0.717) is 11.1 Å². The Morgan fingerprint density at radius 2 is 1.34 bits per heavy atom. The van der Waals surface area contributed by atoms with E-state index in [1.807, 2.05) is 0 Å². The molecule has 0 atom stereocenters. The minimum atomic E-state index is -4.35. The molecule has 0 aliphatic carbocycles. The quantitative estimate of drug-likeness (QED) is 0.653. The van der Waals surface area contributed by atoms with E-state index >= 15 is 0 Å². The molecule has 0 unspecified atom stereocenters. The minimum Gasteiger partial charge on any atom is -0.465 e. The molecule has 0 spiro atoms. The van der Waals surface area contributed by atoms with Crippen molar-refractivity contribution in [2.24, 2.45) is 0 Å². The third-order valence-electron chi connectivity index (χ3n) is 3.84. The molecular weight excluding hydrogens is 389 g/mol. The first-order valence-corrected chi connectivity index (χ1v) is 8.68. The van der Waals surface area contributed by atoms with Crippen LogP contribution in [0.1, 0.15) is 27.0 Å². The van der Waals surface area contributed by atoms with Crippen LogP contribution in [0.3, 0.4) is 0 Å². The van der Waals surface area contributed by atoms with Gasteiger partial charge < -0.3 is 20.1 Å². The molecule has 2 aromatic rings. The molecule has 0 saturated heterocycles. The summed E-state index contributed by atoms with van der Waals surface area (Å²) < 4.78 is 45.3. The van der Waals surface area contributed by atoms with Crippen molar-refractivity contribution < 1.29 is 32.2 Å². The van der Waals surface area contributed by atoms with E-state index in [1.54, 1.807) is 48.5 Å². The van der Waals surface area contributed by atoms with Gasteiger partial charge in [-0.1, -0.05) is 36.4 Å². The van der Waals surface area contributed by atoms with Crippen LogP contribution in [-0.4, -0.2) is 31.9 Å². The average molecular weight is 410 g/mol. The minimum absolute atomic E-state index is 0.136. The summed E-state index contributed by atoms with van der Waals surface area (Å²) >= 11 is 0. The van der Waals surface area contributed by atoms with E-state index in [1.165, 1.54) is 7.11 Å². The lowest BCUT2D eigenvalue weighted by Crippen LogP contribution is -2.34. The highest BCUT2D eigenvalue weighted by molar-refractivity contribution is 5.89. The summed E-state index contributed by atoms with van der Waals surface area (Å²) in [6.07, 6.45) is -4.35. The number of ether oxygens (including phenoxy) is 2. The van der Waals surface area contributed by atoms with Gasteiger partial charge in [-0.2, -0.15) is 13.2 Å². The number of amides is 2. The van der Waals surface area contributed by atoms with Gasteiger partial charge in [0.1, 0.15) is 6.61 Å². The number of hydrogen-bond donors (Lipinski definition) is 2. The molecule has 29 heavy (non-hydrogen) atoms. The number of methoxy groups -OCH3 is 1. The monoisotopic (exact) mass is 410 g/mol. The number of nitrogens with one attached hydrogen (secondary N) is 2. The summed E-state index contributed by atoms with van der Waals surface area (Å²) in [6.45, 7) is -0.885. The van der Waals surface area contributed by atoms with Crippen LogP contribution in [-0.2, 0) is 29.2 Å². The van der Waals surface area contributed by atoms with Crippen LogP contribution in [0.5, 0.6) is 0 Å². The van der Waals surface area contributed by atoms with E-state index in [9.17, 15) is 22.8 Å². The predicted octanol–water partition coefficient (Wildman–Crippen LogP) is 3.55. The zero-order valence-corrected chi connectivity index (χ0v) is 15.7. The summed E-state index contributed by atoms with van der Waals surface area (Å²) in [5.41, 5.74) is 2.64. The summed E-state index contributed by atoms with van der Waals surface area (Å²) in [6, 6.07) is 13.0. The van der Waals surface area contributed by atoms with E-state index in [0.717, 1.165) is 11.1 Å². The summed E-state index contributed by atoms with van der Waals surface area (Å²) in [4.78, 5) is 23.3. The van der Waals surface area contributed by atoms with E-state index in [2.05, 4.69) is 20.1 Å². The van der Waals surface area contributed by atoms with Crippen LogP contribution in [0.15, 0.2) is 48.5 Å². The Bertz CT molecular complexity index is 806. The molecule has 0 aromatic heterocycles. The fraction of sp³-hybridized carbons (Fsp3) is 0.300. The first-order valence-electron chi connectivity index (χ1n) is 8.68. The molecule has 156 valence electrons. The number of rotatable bonds is 8. The fourth-order valence-corrected chi connectivity index (χ4v) is 2.34. The Morgan fingerprint density at radius 3 is 1.83 bits per heavy atom. The van der Waals surface area contributed by atoms with Crippen LogP contribution in [0, 0.1) is 0 Å². The molecule has 0 aliphatic rings. The lowest BCUT2D eigenvalue weighted by atomic mass is 10.1. The number of halogens is 3. The SMILES string of the molecule is COC(=O)c1ccc(CNC(=O)NCc2ccc(COCC(F)(F)F)cc2)cc1. The van der Waals surface area contributed by atoms with Gasteiger partial charge in [0.2, 0.25) is 0 Å². The van der Waals surface area contributed by atoms with Crippen LogP contribution in [0.4, 0.5) is 18.0 Å². The van der Waals surface area contributed by atoms with Crippen molar-refractivity contribution in [2.45, 2.75) is 25.9 Å². The van der Waals surface area contributed by atoms with E-state index in [-0.39, 0.29) is 25.7 Å². The molecule has 2 aromatic carbocycles. The topological polar surface area (TPSA) is 76.7 Å². The van der Waals surface area contributed by atoms with Gasteiger partial charge in [0.25, 0.3) is 0 Å². The maximum Gasteiger partial charge on any atom is 0.411 e. The van der Waals surface area contributed by atoms with Gasteiger partial charge >= 0.3 is 18.2 Å². The standard InChI is InChI=1S/C20H21F3N2O4/c1-28-18(26)17-8-6-15(7-9-17)11-25-19(27)24-10-14-2-4-16(5-3-14)12-29-13-20(21,22)23/h2-9H,10-13H2,1H3,(H2,24,25,27). The molecule has 2 rings (SSSR count). The molecule has 2 N–H and O–H groups in total. The highest BCUT2D eigenvalue weighted by atomic mass is 19.4. The normalized spacial score (nSPS) is 11.0. The van der Waals surface area contributed by atoms with Gasteiger partial charge in [0.15, 0.2) is 0 Å². The van der Waals surface area contributed by atoms with Crippen LogP contribution < -0.4 is 10.6 Å². The maximum absolute atomic E-state index is 12.0. The molecular formula is C20H21F3N2O4. The molecule has 0 heterocycles. The third-order valence-corrected chi connectivity index (χ3v) is 3.84. The first kappa shape index (κ1) is 22.2. The number of urea groups is 1. The second-order valence-corrected chi connectivity index (χ2v) is 6.15. The van der Waals surface area contributed by atoms with Crippen molar-refractivity contribution in [1.29, 1.82) is 0 Å². The second kappa shape index (κ2) is 10.5. The smallest absolute Gasteiger partial charge is 0.411 e. The van der Waals surface area contributed by atoms with Crippen molar-refractivity contribution in [3.63, 3.8) is 0 Å². The number of benzene rings is 2. The molecule has 0 fully saturated rings. The second-order valence-electron chi connectivity index (χ2n) is 6.15. The first-order chi connectivity index (χ1) is 13.8. The van der Waals surface area contributed by atoms with E-state index in [4.69, 9.17) is 0 Å². The van der Waals surface area contributed by atoms with Crippen LogP contribution >= 0.6 is 0 Å². The number of carbonyl (C=O) groups is 2. The molecule has 0 saturated carbocycles. The Morgan fingerprint density at radius 1 is 0.862 bits per heavy atom. The third kappa shape index (κ3) is 8.22. The number of esters is 1. The summed E-state index contributed by atoms with van der Waals surface area (Å²) in [7, 11) is 1.30. The van der Waals surface area contributed by atoms with Crippen molar-refractivity contribution in [3.8, 4) is 0 Å². The van der Waals surface area contributed by atoms with Gasteiger partial charge in [-0.05, 0) is 28.8 Å². The zero-order chi connectivity index (χ0) is 21.3. The van der Waals surface area contributed by atoms with Crippen molar-refractivity contribution in [3.05, 3.63) is 70.8 Å². The average Bonchev–Trinajstić information content (AvgIpc) is 2.70. The predicted molar refractivity (Wildman–Crippen MR) is 99.0 cm³/mol. The fourth-order valence-electron chi connectivity index (χ4n) is 2.34. The zero-order valence-electron chi connectivity index (χ0n) is 15.7. The van der Waals surface area contributed by atoms with Gasteiger partial charge in [0, 0.05) is 13.1 Å². The van der Waals surface area contributed by atoms with Crippen LogP contribution in [0.2, 0.25) is 0 Å². The molecule has 0 aliphatic heterocycles. The molecule has 9 heteroatoms. The maximum atomic E-state index is 12.0. The Kier molecular flexibility index (Phi) is 8.02. The van der Waals surface area contributed by atoms with Crippen molar-refractivity contribution in [1.82, 2.24) is 10.6 Å². The summed E-state index contributed by atoms with van der Waals surface area (Å²) in [5.74, 6) is -0.430. The van der Waals surface area contributed by atoms with E-state index < -0.39 is 18.8 Å².